The summed E-state index contributed by atoms with van der Waals surface area (Å²) in [7, 11) is -3.17. The van der Waals surface area contributed by atoms with Gasteiger partial charge in [0.15, 0.2) is 0 Å². The molecule has 1 aliphatic rings. The summed E-state index contributed by atoms with van der Waals surface area (Å²) in [6.07, 6.45) is 2.63. The highest BCUT2D eigenvalue weighted by molar-refractivity contribution is 7.88. The van der Waals surface area contributed by atoms with Crippen molar-refractivity contribution in [3.63, 3.8) is 0 Å². The van der Waals surface area contributed by atoms with E-state index < -0.39 is 16.0 Å². The Balaban J connectivity index is 2.27. The molecule has 0 unspecified atom stereocenters. The van der Waals surface area contributed by atoms with Crippen LogP contribution in [0.1, 0.15) is 25.7 Å². The maximum absolute atomic E-state index is 11.8. The molecule has 0 atom stereocenters. The lowest BCUT2D eigenvalue weighted by atomic mass is 9.97. The topological polar surface area (TPSA) is 104 Å². The monoisotopic (exact) mass is 292 g/mol. The van der Waals surface area contributed by atoms with Crippen molar-refractivity contribution in [2.24, 2.45) is 5.92 Å². The van der Waals surface area contributed by atoms with Gasteiger partial charge in [-0.15, -0.1) is 0 Å². The molecule has 0 aromatic carbocycles. The molecule has 0 aromatic rings. The van der Waals surface area contributed by atoms with Gasteiger partial charge in [-0.3, -0.25) is 9.59 Å². The minimum Gasteiger partial charge on any atom is -0.481 e. The first-order valence-electron chi connectivity index (χ1n) is 6.25. The molecule has 1 aliphatic heterocycles. The Labute approximate surface area is 113 Å². The van der Waals surface area contributed by atoms with Gasteiger partial charge in [-0.05, 0) is 19.3 Å². The lowest BCUT2D eigenvalue weighted by Crippen LogP contribution is -2.42. The Kier molecular flexibility index (Phi) is 5.74. The van der Waals surface area contributed by atoms with Gasteiger partial charge in [-0.2, -0.15) is 0 Å². The molecule has 0 aliphatic carbocycles. The number of carbonyl (C=O) groups is 2. The summed E-state index contributed by atoms with van der Waals surface area (Å²) < 4.78 is 24.0. The Bertz CT molecular complexity index is 426. The third kappa shape index (κ3) is 5.56. The van der Waals surface area contributed by atoms with E-state index in [1.54, 1.807) is 0 Å². The first-order chi connectivity index (χ1) is 8.80. The van der Waals surface area contributed by atoms with Crippen LogP contribution in [0.5, 0.6) is 0 Å². The molecule has 2 N–H and O–H groups in total. The standard InChI is InChI=1S/C11H20N2O5S/c1-19(17,18)13-7-4-9(5-8-13)11(16)12-6-2-3-10(14)15/h9H,2-8H2,1H3,(H,12,16)(H,14,15). The predicted molar refractivity (Wildman–Crippen MR) is 69.0 cm³/mol. The van der Waals surface area contributed by atoms with Gasteiger partial charge in [-0.1, -0.05) is 0 Å². The SMILES string of the molecule is CS(=O)(=O)N1CCC(C(=O)NCCCC(=O)O)CC1. The number of aliphatic carboxylic acids is 1. The highest BCUT2D eigenvalue weighted by Crippen LogP contribution is 2.19. The van der Waals surface area contributed by atoms with E-state index in [2.05, 4.69) is 5.32 Å². The summed E-state index contributed by atoms with van der Waals surface area (Å²) in [5, 5.41) is 11.1. The summed E-state index contributed by atoms with van der Waals surface area (Å²) in [5.41, 5.74) is 0. The van der Waals surface area contributed by atoms with E-state index >= 15 is 0 Å². The number of rotatable bonds is 6. The normalized spacial score (nSPS) is 18.2. The number of amides is 1. The summed E-state index contributed by atoms with van der Waals surface area (Å²) >= 11 is 0. The van der Waals surface area contributed by atoms with Gasteiger partial charge in [0.2, 0.25) is 15.9 Å². The quantitative estimate of drug-likeness (QED) is 0.651. The summed E-state index contributed by atoms with van der Waals surface area (Å²) in [6.45, 7) is 1.08. The van der Waals surface area contributed by atoms with Crippen molar-refractivity contribution in [3.05, 3.63) is 0 Å². The van der Waals surface area contributed by atoms with E-state index in [1.165, 1.54) is 10.6 Å². The van der Waals surface area contributed by atoms with E-state index in [-0.39, 0.29) is 18.2 Å². The lowest BCUT2D eigenvalue weighted by molar-refractivity contribution is -0.137. The number of nitrogens with one attached hydrogen (secondary N) is 1. The van der Waals surface area contributed by atoms with Crippen molar-refractivity contribution in [2.75, 3.05) is 25.9 Å². The average molecular weight is 292 g/mol. The van der Waals surface area contributed by atoms with E-state index in [1.807, 2.05) is 0 Å². The Morgan fingerprint density at radius 1 is 1.32 bits per heavy atom. The van der Waals surface area contributed by atoms with E-state index in [0.29, 0.717) is 38.9 Å². The number of hydrogen-bond acceptors (Lipinski definition) is 4. The molecule has 1 saturated heterocycles. The van der Waals surface area contributed by atoms with Gasteiger partial charge in [0, 0.05) is 32.0 Å². The van der Waals surface area contributed by atoms with Crippen molar-refractivity contribution in [1.82, 2.24) is 9.62 Å². The van der Waals surface area contributed by atoms with Crippen LogP contribution in [0.15, 0.2) is 0 Å². The molecule has 1 fully saturated rings. The fraction of sp³-hybridized carbons (Fsp3) is 0.818. The molecule has 0 saturated carbocycles. The van der Waals surface area contributed by atoms with Crippen LogP contribution in [-0.4, -0.2) is 55.6 Å². The maximum atomic E-state index is 11.8. The number of sulfonamides is 1. The molecule has 1 amide bonds. The van der Waals surface area contributed by atoms with Gasteiger partial charge in [0.05, 0.1) is 6.26 Å². The van der Waals surface area contributed by atoms with Gasteiger partial charge in [0.25, 0.3) is 0 Å². The smallest absolute Gasteiger partial charge is 0.303 e. The van der Waals surface area contributed by atoms with E-state index in [0.717, 1.165) is 0 Å². The van der Waals surface area contributed by atoms with Gasteiger partial charge < -0.3 is 10.4 Å². The van der Waals surface area contributed by atoms with Crippen LogP contribution in [-0.2, 0) is 19.6 Å². The van der Waals surface area contributed by atoms with Crippen LogP contribution in [0.2, 0.25) is 0 Å². The van der Waals surface area contributed by atoms with Crippen molar-refractivity contribution < 1.29 is 23.1 Å². The number of carboxylic acid groups (broad SMARTS) is 1. The first kappa shape index (κ1) is 15.9. The van der Waals surface area contributed by atoms with Crippen LogP contribution in [0.4, 0.5) is 0 Å². The number of carboxylic acids is 1. The molecular weight excluding hydrogens is 272 g/mol. The van der Waals surface area contributed by atoms with Crippen molar-refractivity contribution in [3.8, 4) is 0 Å². The highest BCUT2D eigenvalue weighted by Gasteiger charge is 2.28. The van der Waals surface area contributed by atoms with Gasteiger partial charge >= 0.3 is 5.97 Å². The number of piperidine rings is 1. The Morgan fingerprint density at radius 2 is 1.89 bits per heavy atom. The summed E-state index contributed by atoms with van der Waals surface area (Å²) in [4.78, 5) is 22.1. The lowest BCUT2D eigenvalue weighted by Gasteiger charge is -2.29. The fourth-order valence-corrected chi connectivity index (χ4v) is 2.92. The zero-order chi connectivity index (χ0) is 14.5. The molecule has 1 rings (SSSR count). The summed E-state index contributed by atoms with van der Waals surface area (Å²) in [5.74, 6) is -1.17. The van der Waals surface area contributed by atoms with Crippen molar-refractivity contribution in [2.45, 2.75) is 25.7 Å². The molecule has 8 heteroatoms. The number of hydrogen-bond donors (Lipinski definition) is 2. The van der Waals surface area contributed by atoms with Crippen molar-refractivity contribution in [1.29, 1.82) is 0 Å². The van der Waals surface area contributed by atoms with Crippen LogP contribution < -0.4 is 5.32 Å². The third-order valence-corrected chi connectivity index (χ3v) is 4.46. The van der Waals surface area contributed by atoms with E-state index in [4.69, 9.17) is 5.11 Å². The average Bonchev–Trinajstić information content (AvgIpc) is 2.33. The maximum Gasteiger partial charge on any atom is 0.303 e. The highest BCUT2D eigenvalue weighted by atomic mass is 32.2. The first-order valence-corrected chi connectivity index (χ1v) is 8.10. The molecule has 1 heterocycles. The second-order valence-electron chi connectivity index (χ2n) is 4.72. The number of carbonyl (C=O) groups excluding carboxylic acids is 1. The third-order valence-electron chi connectivity index (χ3n) is 3.16. The van der Waals surface area contributed by atoms with Gasteiger partial charge in [0.1, 0.15) is 0 Å². The summed E-state index contributed by atoms with van der Waals surface area (Å²) in [6, 6.07) is 0. The minimum atomic E-state index is -3.17. The van der Waals surface area contributed by atoms with Crippen LogP contribution in [0.3, 0.4) is 0 Å². The second-order valence-corrected chi connectivity index (χ2v) is 6.71. The second kappa shape index (κ2) is 6.85. The molecule has 0 spiro atoms. The molecule has 0 bridgehead atoms. The zero-order valence-corrected chi connectivity index (χ0v) is 11.8. The predicted octanol–water partition coefficient (Wildman–Crippen LogP) is -0.361. The Hall–Kier alpha value is -1.15. The molecular formula is C11H20N2O5S. The van der Waals surface area contributed by atoms with Crippen LogP contribution >= 0.6 is 0 Å². The molecule has 0 aromatic heterocycles. The van der Waals surface area contributed by atoms with Crippen LogP contribution in [0.25, 0.3) is 0 Å². The fourth-order valence-electron chi connectivity index (χ4n) is 2.05. The molecule has 19 heavy (non-hydrogen) atoms. The molecule has 0 radical (unpaired) electrons. The Morgan fingerprint density at radius 3 is 2.37 bits per heavy atom. The van der Waals surface area contributed by atoms with Gasteiger partial charge in [-0.25, -0.2) is 12.7 Å². The zero-order valence-electron chi connectivity index (χ0n) is 11.0. The molecule has 110 valence electrons. The largest absolute Gasteiger partial charge is 0.481 e. The van der Waals surface area contributed by atoms with Crippen molar-refractivity contribution >= 4 is 21.9 Å². The molecule has 7 nitrogen and oxygen atoms in total. The van der Waals surface area contributed by atoms with Crippen LogP contribution in [0, 0.1) is 5.92 Å². The minimum absolute atomic E-state index is 0.0345. The van der Waals surface area contributed by atoms with E-state index in [9.17, 15) is 18.0 Å². The number of nitrogens with zero attached hydrogens (tertiary/aromatic N) is 1.